The van der Waals surface area contributed by atoms with Crippen LogP contribution in [0.1, 0.15) is 32.8 Å². The van der Waals surface area contributed by atoms with Gasteiger partial charge in [-0.2, -0.15) is 0 Å². The Bertz CT molecular complexity index is 721. The maximum Gasteiger partial charge on any atom is 0.408 e. The molecule has 0 bridgehead atoms. The normalized spacial score (nSPS) is 13.5. The SMILES string of the molecule is COC(=O)C[C@H](C)[C@@H](NC(=O)[C@@H](NC(=O)OCc1ccccc1)C(C)C)C(=O)OC. The molecule has 0 saturated carbocycles. The molecule has 1 aromatic rings. The highest BCUT2D eigenvalue weighted by Gasteiger charge is 2.33. The number of esters is 2. The van der Waals surface area contributed by atoms with Crippen LogP contribution in [0.4, 0.5) is 4.79 Å². The molecule has 1 aromatic carbocycles. The molecule has 0 saturated heterocycles. The van der Waals surface area contributed by atoms with Crippen LogP contribution in [-0.4, -0.2) is 50.2 Å². The van der Waals surface area contributed by atoms with E-state index in [1.807, 2.05) is 30.3 Å². The van der Waals surface area contributed by atoms with Crippen molar-refractivity contribution in [2.45, 2.75) is 45.9 Å². The maximum atomic E-state index is 12.8. The van der Waals surface area contributed by atoms with Gasteiger partial charge in [0, 0.05) is 0 Å². The first kappa shape index (κ1) is 24.9. The lowest BCUT2D eigenvalue weighted by atomic mass is 9.96. The Kier molecular flexibility index (Phi) is 10.4. The summed E-state index contributed by atoms with van der Waals surface area (Å²) < 4.78 is 14.5. The number of alkyl carbamates (subject to hydrolysis) is 1. The van der Waals surface area contributed by atoms with Crippen LogP contribution in [0.15, 0.2) is 30.3 Å². The first-order chi connectivity index (χ1) is 14.2. The van der Waals surface area contributed by atoms with Crippen molar-refractivity contribution in [1.82, 2.24) is 10.6 Å². The van der Waals surface area contributed by atoms with Crippen molar-refractivity contribution in [3.05, 3.63) is 35.9 Å². The van der Waals surface area contributed by atoms with E-state index >= 15 is 0 Å². The van der Waals surface area contributed by atoms with Crippen molar-refractivity contribution in [3.63, 3.8) is 0 Å². The van der Waals surface area contributed by atoms with Gasteiger partial charge < -0.3 is 24.8 Å². The molecule has 2 N–H and O–H groups in total. The molecule has 1 rings (SSSR count). The van der Waals surface area contributed by atoms with Gasteiger partial charge in [0.2, 0.25) is 5.91 Å². The predicted molar refractivity (Wildman–Crippen MR) is 108 cm³/mol. The third-order valence-corrected chi connectivity index (χ3v) is 4.47. The summed E-state index contributed by atoms with van der Waals surface area (Å²) in [6.07, 6.45) is -0.847. The molecule has 9 heteroatoms. The van der Waals surface area contributed by atoms with Crippen molar-refractivity contribution in [2.75, 3.05) is 14.2 Å². The van der Waals surface area contributed by atoms with Crippen LogP contribution in [0.2, 0.25) is 0 Å². The van der Waals surface area contributed by atoms with E-state index in [1.165, 1.54) is 14.2 Å². The number of benzene rings is 1. The molecule has 0 aliphatic heterocycles. The standard InChI is InChI=1S/C21H30N2O7/c1-13(2)17(23-21(27)30-12-15-9-7-6-8-10-15)19(25)22-18(20(26)29-5)14(3)11-16(24)28-4/h6-10,13-14,17-18H,11-12H2,1-5H3,(H,22,25)(H,23,27)/t14-,17-,18+/m0/s1. The Hall–Kier alpha value is -3.10. The number of nitrogens with one attached hydrogen (secondary N) is 2. The zero-order valence-corrected chi connectivity index (χ0v) is 18.0. The zero-order valence-electron chi connectivity index (χ0n) is 18.0. The van der Waals surface area contributed by atoms with Gasteiger partial charge in [-0.25, -0.2) is 9.59 Å². The van der Waals surface area contributed by atoms with Crippen LogP contribution in [0, 0.1) is 11.8 Å². The third kappa shape index (κ3) is 8.10. The minimum Gasteiger partial charge on any atom is -0.469 e. The second kappa shape index (κ2) is 12.5. The fourth-order valence-electron chi connectivity index (χ4n) is 2.69. The molecule has 30 heavy (non-hydrogen) atoms. The minimum atomic E-state index is -1.08. The van der Waals surface area contributed by atoms with Crippen molar-refractivity contribution in [3.8, 4) is 0 Å². The summed E-state index contributed by atoms with van der Waals surface area (Å²) in [6.45, 7) is 5.16. The van der Waals surface area contributed by atoms with Gasteiger partial charge in [-0.3, -0.25) is 9.59 Å². The number of methoxy groups -OCH3 is 2. The molecule has 0 heterocycles. The van der Waals surface area contributed by atoms with Gasteiger partial charge in [0.1, 0.15) is 18.7 Å². The van der Waals surface area contributed by atoms with E-state index in [2.05, 4.69) is 15.4 Å². The lowest BCUT2D eigenvalue weighted by Crippen LogP contribution is -2.55. The molecule has 0 unspecified atom stereocenters. The number of amides is 2. The van der Waals surface area contributed by atoms with Gasteiger partial charge in [0.25, 0.3) is 0 Å². The summed E-state index contributed by atoms with van der Waals surface area (Å²) in [4.78, 5) is 48.6. The lowest BCUT2D eigenvalue weighted by Gasteiger charge is -2.27. The first-order valence-electron chi connectivity index (χ1n) is 9.61. The topological polar surface area (TPSA) is 120 Å². The highest BCUT2D eigenvalue weighted by molar-refractivity contribution is 5.90. The molecular formula is C21H30N2O7. The average Bonchev–Trinajstić information content (AvgIpc) is 2.73. The van der Waals surface area contributed by atoms with E-state index in [9.17, 15) is 19.2 Å². The van der Waals surface area contributed by atoms with Gasteiger partial charge in [0.05, 0.1) is 20.6 Å². The number of rotatable bonds is 10. The molecule has 9 nitrogen and oxygen atoms in total. The van der Waals surface area contributed by atoms with Gasteiger partial charge in [-0.15, -0.1) is 0 Å². The van der Waals surface area contributed by atoms with Crippen molar-refractivity contribution >= 4 is 23.9 Å². The van der Waals surface area contributed by atoms with E-state index in [0.29, 0.717) is 0 Å². The number of carbonyl (C=O) groups excluding carboxylic acids is 4. The molecule has 3 atom stereocenters. The van der Waals surface area contributed by atoms with Crippen LogP contribution in [-0.2, 0) is 35.2 Å². The first-order valence-corrected chi connectivity index (χ1v) is 9.61. The molecule has 0 aliphatic rings. The Balaban J connectivity index is 2.78. The molecule has 0 radical (unpaired) electrons. The van der Waals surface area contributed by atoms with Crippen LogP contribution in [0.3, 0.4) is 0 Å². The molecule has 2 amide bonds. The van der Waals surface area contributed by atoms with Crippen LogP contribution >= 0.6 is 0 Å². The molecule has 0 fully saturated rings. The smallest absolute Gasteiger partial charge is 0.408 e. The van der Waals surface area contributed by atoms with Crippen LogP contribution in [0.25, 0.3) is 0 Å². The second-order valence-electron chi connectivity index (χ2n) is 7.19. The maximum absolute atomic E-state index is 12.8. The van der Waals surface area contributed by atoms with E-state index in [-0.39, 0.29) is 18.9 Å². The predicted octanol–water partition coefficient (Wildman–Crippen LogP) is 1.79. The van der Waals surface area contributed by atoms with E-state index in [4.69, 9.17) is 9.47 Å². The van der Waals surface area contributed by atoms with Crippen LogP contribution < -0.4 is 10.6 Å². The molecule has 0 spiro atoms. The van der Waals surface area contributed by atoms with Crippen molar-refractivity contribution < 1.29 is 33.4 Å². The fraction of sp³-hybridized carbons (Fsp3) is 0.524. The van der Waals surface area contributed by atoms with E-state index < -0.39 is 41.9 Å². The third-order valence-electron chi connectivity index (χ3n) is 4.47. The number of ether oxygens (including phenoxy) is 3. The van der Waals surface area contributed by atoms with Crippen molar-refractivity contribution in [2.24, 2.45) is 11.8 Å². The summed E-state index contributed by atoms with van der Waals surface area (Å²) in [5.41, 5.74) is 0.806. The lowest BCUT2D eigenvalue weighted by molar-refractivity contribution is -0.148. The molecule has 0 aliphatic carbocycles. The summed E-state index contributed by atoms with van der Waals surface area (Å²) in [5.74, 6) is -2.67. The highest BCUT2D eigenvalue weighted by Crippen LogP contribution is 2.13. The Morgan fingerprint density at radius 2 is 1.53 bits per heavy atom. The highest BCUT2D eigenvalue weighted by atomic mass is 16.5. The number of hydrogen-bond donors (Lipinski definition) is 2. The van der Waals surface area contributed by atoms with Gasteiger partial charge in [-0.05, 0) is 17.4 Å². The quantitative estimate of drug-likeness (QED) is 0.436. The van der Waals surface area contributed by atoms with Crippen LogP contribution in [0.5, 0.6) is 0 Å². The Labute approximate surface area is 176 Å². The summed E-state index contributed by atoms with van der Waals surface area (Å²) >= 11 is 0. The van der Waals surface area contributed by atoms with E-state index in [0.717, 1.165) is 5.56 Å². The number of hydrogen-bond acceptors (Lipinski definition) is 7. The Morgan fingerprint density at radius 3 is 2.07 bits per heavy atom. The monoisotopic (exact) mass is 422 g/mol. The molecular weight excluding hydrogens is 392 g/mol. The largest absolute Gasteiger partial charge is 0.469 e. The molecule has 0 aromatic heterocycles. The van der Waals surface area contributed by atoms with Gasteiger partial charge in [-0.1, -0.05) is 51.1 Å². The number of carbonyl (C=O) groups is 4. The Morgan fingerprint density at radius 1 is 0.900 bits per heavy atom. The molecule has 166 valence electrons. The van der Waals surface area contributed by atoms with E-state index in [1.54, 1.807) is 20.8 Å². The van der Waals surface area contributed by atoms with Crippen molar-refractivity contribution in [1.29, 1.82) is 0 Å². The fourth-order valence-corrected chi connectivity index (χ4v) is 2.69. The minimum absolute atomic E-state index is 0.0556. The summed E-state index contributed by atoms with van der Waals surface area (Å²) in [5, 5.41) is 5.09. The summed E-state index contributed by atoms with van der Waals surface area (Å²) in [6, 6.07) is 7.08. The van der Waals surface area contributed by atoms with Gasteiger partial charge in [0.15, 0.2) is 0 Å². The second-order valence-corrected chi connectivity index (χ2v) is 7.19. The van der Waals surface area contributed by atoms with Gasteiger partial charge >= 0.3 is 18.0 Å². The average molecular weight is 422 g/mol. The zero-order chi connectivity index (χ0) is 22.7. The summed E-state index contributed by atoms with van der Waals surface area (Å²) in [7, 11) is 2.42.